The van der Waals surface area contributed by atoms with Gasteiger partial charge in [-0.2, -0.15) is 0 Å². The maximum atomic E-state index is 12.8. The van der Waals surface area contributed by atoms with Gasteiger partial charge in [-0.15, -0.1) is 0 Å². The van der Waals surface area contributed by atoms with Gasteiger partial charge < -0.3 is 10.1 Å². The predicted molar refractivity (Wildman–Crippen MR) is 129 cm³/mol. The van der Waals surface area contributed by atoms with Gasteiger partial charge >= 0.3 is 5.97 Å². The van der Waals surface area contributed by atoms with E-state index in [4.69, 9.17) is 4.74 Å². The Morgan fingerprint density at radius 3 is 2.32 bits per heavy atom. The number of carbonyl (C=O) groups excluding carboxylic acids is 2. The normalized spacial score (nSPS) is 27.3. The molecule has 1 aromatic heterocycles. The first kappa shape index (κ1) is 23.0. The number of hydrogen-bond donors (Lipinski definition) is 1. The molecule has 4 saturated carbocycles. The number of para-hydroxylation sites is 1. The molecule has 2 aromatic rings. The highest BCUT2D eigenvalue weighted by Crippen LogP contribution is 2.59. The zero-order valence-electron chi connectivity index (χ0n) is 19.6. The van der Waals surface area contributed by atoms with E-state index < -0.39 is 21.9 Å². The number of rotatable bonds is 5. The van der Waals surface area contributed by atoms with Crippen molar-refractivity contribution in [2.75, 3.05) is 19.4 Å². The summed E-state index contributed by atoms with van der Waals surface area (Å²) in [6, 6.07) is 6.73. The number of ether oxygens (including phenoxy) is 1. The first-order valence-corrected chi connectivity index (χ1v) is 13.8. The van der Waals surface area contributed by atoms with Crippen molar-refractivity contribution in [2.24, 2.45) is 23.2 Å². The first-order valence-electron chi connectivity index (χ1n) is 12.0. The van der Waals surface area contributed by atoms with Crippen molar-refractivity contribution in [3.63, 3.8) is 0 Å². The van der Waals surface area contributed by atoms with Crippen LogP contribution in [0.3, 0.4) is 0 Å². The molecule has 1 heterocycles. The van der Waals surface area contributed by atoms with Gasteiger partial charge in [0.05, 0.1) is 23.9 Å². The molecule has 4 aliphatic carbocycles. The largest absolute Gasteiger partial charge is 0.461 e. The Morgan fingerprint density at radius 1 is 1.12 bits per heavy atom. The van der Waals surface area contributed by atoms with Crippen molar-refractivity contribution in [3.05, 3.63) is 35.5 Å². The van der Waals surface area contributed by atoms with E-state index in [1.165, 1.54) is 38.5 Å². The van der Waals surface area contributed by atoms with Gasteiger partial charge in [0.15, 0.2) is 5.69 Å². The van der Waals surface area contributed by atoms with E-state index in [9.17, 15) is 18.0 Å². The van der Waals surface area contributed by atoms with E-state index in [2.05, 4.69) is 17.2 Å². The molecule has 34 heavy (non-hydrogen) atoms. The second kappa shape index (κ2) is 8.46. The molecule has 1 aromatic carbocycles. The van der Waals surface area contributed by atoms with Gasteiger partial charge in [-0.1, -0.05) is 24.1 Å². The van der Waals surface area contributed by atoms with E-state index in [1.54, 1.807) is 31.2 Å². The van der Waals surface area contributed by atoms with E-state index in [1.807, 2.05) is 0 Å². The Bertz CT molecular complexity index is 1290. The first-order chi connectivity index (χ1) is 16.2. The monoisotopic (exact) mass is 482 g/mol. The van der Waals surface area contributed by atoms with Crippen LogP contribution in [0.5, 0.6) is 0 Å². The number of fused-ring (bicyclic) bond motifs is 1. The lowest BCUT2D eigenvalue weighted by Crippen LogP contribution is -2.51. The van der Waals surface area contributed by atoms with Crippen molar-refractivity contribution >= 4 is 32.8 Å². The summed E-state index contributed by atoms with van der Waals surface area (Å²) in [5, 5.41) is 3.50. The molecule has 0 atom stereocenters. The number of nitrogens with one attached hydrogen (secondary N) is 1. The molecular weight excluding hydrogens is 452 g/mol. The fourth-order valence-corrected chi connectivity index (χ4v) is 8.02. The minimum atomic E-state index is -3.83. The smallest absolute Gasteiger partial charge is 0.357 e. The fraction of sp³-hybridized carbons (Fsp3) is 0.538. The molecule has 8 heteroatoms. The van der Waals surface area contributed by atoms with Crippen LogP contribution in [0.1, 0.15) is 61.5 Å². The zero-order valence-corrected chi connectivity index (χ0v) is 20.4. The summed E-state index contributed by atoms with van der Waals surface area (Å²) in [7, 11) is -3.83. The summed E-state index contributed by atoms with van der Waals surface area (Å²) >= 11 is 0. The molecule has 180 valence electrons. The van der Waals surface area contributed by atoms with Crippen LogP contribution in [-0.4, -0.2) is 43.7 Å². The van der Waals surface area contributed by atoms with Crippen LogP contribution >= 0.6 is 0 Å². The van der Waals surface area contributed by atoms with E-state index in [0.29, 0.717) is 17.4 Å². The maximum Gasteiger partial charge on any atom is 0.357 e. The summed E-state index contributed by atoms with van der Waals surface area (Å²) in [5.74, 6) is 6.59. The average molecular weight is 483 g/mol. The van der Waals surface area contributed by atoms with Gasteiger partial charge in [0.25, 0.3) is 5.91 Å². The standard InChI is InChI=1S/C26H30N2O5S/c1-3-33-25(30)24-21(20-6-4-5-7-22(20)28(24)34(2,31)32)8-9-23(29)27-16-26-13-17-10-18(14-26)12-19(11-17)15-26/h4-7,17-19H,3,10-16H2,1-2H3,(H,27,29). The molecule has 4 bridgehead atoms. The van der Waals surface area contributed by atoms with Crippen LogP contribution in [0, 0.1) is 35.0 Å². The highest BCUT2D eigenvalue weighted by atomic mass is 32.2. The number of benzene rings is 1. The van der Waals surface area contributed by atoms with Crippen molar-refractivity contribution in [1.29, 1.82) is 0 Å². The third-order valence-corrected chi connectivity index (χ3v) is 8.77. The van der Waals surface area contributed by atoms with Crippen LogP contribution in [0.25, 0.3) is 10.9 Å². The van der Waals surface area contributed by atoms with Gasteiger partial charge in [-0.05, 0) is 74.7 Å². The van der Waals surface area contributed by atoms with Crippen molar-refractivity contribution in [3.8, 4) is 11.8 Å². The van der Waals surface area contributed by atoms with Crippen LogP contribution in [0.2, 0.25) is 0 Å². The van der Waals surface area contributed by atoms with Crippen LogP contribution in [0.4, 0.5) is 0 Å². The van der Waals surface area contributed by atoms with Gasteiger partial charge in [0.2, 0.25) is 10.0 Å². The summed E-state index contributed by atoms with van der Waals surface area (Å²) < 4.78 is 31.2. The van der Waals surface area contributed by atoms with E-state index in [-0.39, 0.29) is 23.3 Å². The van der Waals surface area contributed by atoms with Crippen LogP contribution in [-0.2, 0) is 19.6 Å². The molecule has 0 aliphatic heterocycles. The molecule has 4 aliphatic rings. The summed E-state index contributed by atoms with van der Waals surface area (Å²) in [6.07, 6.45) is 8.60. The Labute approximate surface area is 200 Å². The molecule has 4 fully saturated rings. The zero-order chi connectivity index (χ0) is 24.1. The fourth-order valence-electron chi connectivity index (χ4n) is 7.00. The average Bonchev–Trinajstić information content (AvgIpc) is 3.10. The Hall–Kier alpha value is -2.79. The second-order valence-electron chi connectivity index (χ2n) is 10.3. The number of amides is 1. The molecule has 1 amide bonds. The summed E-state index contributed by atoms with van der Waals surface area (Å²) in [4.78, 5) is 25.5. The lowest BCUT2D eigenvalue weighted by Gasteiger charge is -2.56. The Morgan fingerprint density at radius 2 is 1.74 bits per heavy atom. The molecule has 0 radical (unpaired) electrons. The lowest BCUT2D eigenvalue weighted by molar-refractivity contribution is -0.117. The predicted octanol–water partition coefficient (Wildman–Crippen LogP) is 3.31. The molecule has 1 N–H and O–H groups in total. The quantitative estimate of drug-likeness (QED) is 0.521. The number of carbonyl (C=O) groups is 2. The van der Waals surface area contributed by atoms with Crippen LogP contribution < -0.4 is 5.32 Å². The van der Waals surface area contributed by atoms with Gasteiger partial charge in [0.1, 0.15) is 0 Å². The highest BCUT2D eigenvalue weighted by molar-refractivity contribution is 7.89. The van der Waals surface area contributed by atoms with Crippen molar-refractivity contribution in [1.82, 2.24) is 9.29 Å². The Balaban J connectivity index is 1.44. The maximum absolute atomic E-state index is 12.8. The number of hydrogen-bond acceptors (Lipinski definition) is 5. The topological polar surface area (TPSA) is 94.5 Å². The molecular formula is C26H30N2O5S. The Kier molecular flexibility index (Phi) is 5.71. The second-order valence-corrected chi connectivity index (χ2v) is 12.2. The van der Waals surface area contributed by atoms with E-state index >= 15 is 0 Å². The van der Waals surface area contributed by atoms with E-state index in [0.717, 1.165) is 28.0 Å². The van der Waals surface area contributed by atoms with Crippen molar-refractivity contribution in [2.45, 2.75) is 45.4 Å². The SMILES string of the molecule is CCOC(=O)c1c(C#CC(=O)NCC23CC4CC(CC(C4)C2)C3)c2ccccc2n1S(C)(=O)=O. The minimum Gasteiger partial charge on any atom is -0.461 e. The highest BCUT2D eigenvalue weighted by Gasteiger charge is 2.50. The third-order valence-electron chi connectivity index (χ3n) is 7.72. The molecule has 7 nitrogen and oxygen atoms in total. The summed E-state index contributed by atoms with van der Waals surface area (Å²) in [6.45, 7) is 2.36. The molecule has 0 spiro atoms. The molecule has 6 rings (SSSR count). The molecule has 0 saturated heterocycles. The van der Waals surface area contributed by atoms with Gasteiger partial charge in [-0.25, -0.2) is 17.2 Å². The number of nitrogens with zero attached hydrogens (tertiary/aromatic N) is 1. The minimum absolute atomic E-state index is 0.0859. The number of aromatic nitrogens is 1. The van der Waals surface area contributed by atoms with Crippen molar-refractivity contribution < 1.29 is 22.7 Å². The van der Waals surface area contributed by atoms with Gasteiger partial charge in [-0.3, -0.25) is 4.79 Å². The number of esters is 1. The lowest BCUT2D eigenvalue weighted by atomic mass is 9.49. The third kappa shape index (κ3) is 4.11. The molecule has 0 unspecified atom stereocenters. The summed E-state index contributed by atoms with van der Waals surface area (Å²) in [5.41, 5.74) is 0.525. The van der Waals surface area contributed by atoms with Gasteiger partial charge in [0, 0.05) is 17.9 Å². The van der Waals surface area contributed by atoms with Crippen LogP contribution in [0.15, 0.2) is 24.3 Å².